The van der Waals surface area contributed by atoms with E-state index < -0.39 is 0 Å². The van der Waals surface area contributed by atoms with E-state index in [4.69, 9.17) is 9.72 Å². The Bertz CT molecular complexity index is 1050. The van der Waals surface area contributed by atoms with Gasteiger partial charge in [-0.05, 0) is 42.0 Å². The molecule has 25 heavy (non-hydrogen) atoms. The first-order valence-electron chi connectivity index (χ1n) is 7.58. The normalized spacial score (nSPS) is 10.8. The van der Waals surface area contributed by atoms with Crippen LogP contribution in [0.3, 0.4) is 0 Å². The quantitative estimate of drug-likeness (QED) is 0.612. The number of H-pyrrole nitrogens is 1. The number of imidazole rings is 1. The smallest absolute Gasteiger partial charge is 0.331 e. The largest absolute Gasteiger partial charge is 0.497 e. The highest BCUT2D eigenvalue weighted by atomic mass is 32.1. The maximum Gasteiger partial charge on any atom is 0.331 e. The zero-order valence-electron chi connectivity index (χ0n) is 13.3. The number of methoxy groups -OCH3 is 1. The van der Waals surface area contributed by atoms with Gasteiger partial charge < -0.3 is 9.72 Å². The summed E-state index contributed by atoms with van der Waals surface area (Å²) in [5, 5.41) is 0.615. The van der Waals surface area contributed by atoms with Gasteiger partial charge in [0.05, 0.1) is 17.7 Å². The molecule has 0 fully saturated rings. The second-order valence-electron chi connectivity index (χ2n) is 5.27. The number of nitrogens with zero attached hydrogens (tertiary/aromatic N) is 3. The summed E-state index contributed by atoms with van der Waals surface area (Å²) < 4.78 is 6.73. The molecule has 0 atom stereocenters. The van der Waals surface area contributed by atoms with Gasteiger partial charge in [0.2, 0.25) is 0 Å². The molecule has 124 valence electrons. The molecule has 3 heterocycles. The van der Waals surface area contributed by atoms with E-state index in [9.17, 15) is 4.79 Å². The van der Waals surface area contributed by atoms with Gasteiger partial charge in [-0.25, -0.2) is 14.3 Å². The fourth-order valence-electron chi connectivity index (χ4n) is 2.53. The minimum atomic E-state index is -0.212. The third-order valence-corrected chi connectivity index (χ3v) is 4.88. The zero-order valence-corrected chi connectivity index (χ0v) is 14.2. The predicted octanol–water partition coefficient (Wildman–Crippen LogP) is 3.36. The van der Waals surface area contributed by atoms with Crippen LogP contribution in [0.5, 0.6) is 5.75 Å². The van der Waals surface area contributed by atoms with Crippen molar-refractivity contribution < 1.29 is 4.74 Å². The van der Waals surface area contributed by atoms with Crippen molar-refractivity contribution in [3.63, 3.8) is 0 Å². The Morgan fingerprint density at radius 3 is 2.48 bits per heavy atom. The molecule has 1 aromatic carbocycles. The van der Waals surface area contributed by atoms with E-state index >= 15 is 0 Å². The average molecular weight is 350 g/mol. The molecule has 0 bridgehead atoms. The van der Waals surface area contributed by atoms with Crippen LogP contribution in [0.15, 0.2) is 66.0 Å². The SMILES string of the molecule is COc1ccc(-c2nc(-n3cc[nH]c3=O)sc2-c2ccncc2)cc1. The Hall–Kier alpha value is -3.19. The zero-order chi connectivity index (χ0) is 17.2. The number of pyridine rings is 1. The summed E-state index contributed by atoms with van der Waals surface area (Å²) in [6, 6.07) is 11.6. The first-order valence-corrected chi connectivity index (χ1v) is 8.40. The Morgan fingerprint density at radius 2 is 1.84 bits per heavy atom. The number of hydrogen-bond acceptors (Lipinski definition) is 5. The highest BCUT2D eigenvalue weighted by Gasteiger charge is 2.17. The molecule has 4 rings (SSSR count). The van der Waals surface area contributed by atoms with E-state index in [1.165, 1.54) is 15.9 Å². The standard InChI is InChI=1S/C18H14N4O2S/c1-24-14-4-2-12(3-5-14)15-16(13-6-8-19-9-7-13)25-18(21-15)22-11-10-20-17(22)23/h2-11H,1H3,(H,20,23). The van der Waals surface area contributed by atoms with Crippen molar-refractivity contribution in [2.75, 3.05) is 7.11 Å². The van der Waals surface area contributed by atoms with Gasteiger partial charge in [0, 0.05) is 30.4 Å². The molecule has 6 nitrogen and oxygen atoms in total. The van der Waals surface area contributed by atoms with E-state index in [-0.39, 0.29) is 5.69 Å². The van der Waals surface area contributed by atoms with Crippen molar-refractivity contribution in [3.05, 3.63) is 71.7 Å². The Kier molecular flexibility index (Phi) is 3.91. The van der Waals surface area contributed by atoms with E-state index in [1.54, 1.807) is 31.9 Å². The molecule has 0 spiro atoms. The lowest BCUT2D eigenvalue weighted by molar-refractivity contribution is 0.415. The van der Waals surface area contributed by atoms with Crippen LogP contribution in [0, 0.1) is 0 Å². The van der Waals surface area contributed by atoms with Crippen LogP contribution in [-0.2, 0) is 0 Å². The summed E-state index contributed by atoms with van der Waals surface area (Å²) >= 11 is 1.46. The topological polar surface area (TPSA) is 72.8 Å². The van der Waals surface area contributed by atoms with Gasteiger partial charge in [-0.3, -0.25) is 4.98 Å². The van der Waals surface area contributed by atoms with Crippen molar-refractivity contribution >= 4 is 11.3 Å². The van der Waals surface area contributed by atoms with Crippen molar-refractivity contribution in [1.82, 2.24) is 19.5 Å². The highest BCUT2D eigenvalue weighted by molar-refractivity contribution is 7.18. The van der Waals surface area contributed by atoms with Gasteiger partial charge in [0.15, 0.2) is 5.13 Å². The molecular formula is C18H14N4O2S. The molecule has 0 aliphatic carbocycles. The van der Waals surface area contributed by atoms with Crippen LogP contribution >= 0.6 is 11.3 Å². The molecule has 7 heteroatoms. The van der Waals surface area contributed by atoms with Gasteiger partial charge in [-0.2, -0.15) is 0 Å². The number of nitrogens with one attached hydrogen (secondary N) is 1. The van der Waals surface area contributed by atoms with Crippen molar-refractivity contribution in [2.45, 2.75) is 0 Å². The van der Waals surface area contributed by atoms with Crippen molar-refractivity contribution in [3.8, 4) is 32.6 Å². The lowest BCUT2D eigenvalue weighted by Gasteiger charge is -2.04. The minimum Gasteiger partial charge on any atom is -0.497 e. The minimum absolute atomic E-state index is 0.212. The van der Waals surface area contributed by atoms with Crippen molar-refractivity contribution in [2.24, 2.45) is 0 Å². The molecule has 3 aromatic heterocycles. The van der Waals surface area contributed by atoms with Crippen LogP contribution in [0.4, 0.5) is 0 Å². The first kappa shape index (κ1) is 15.3. The molecule has 0 amide bonds. The fraction of sp³-hybridized carbons (Fsp3) is 0.0556. The van der Waals surface area contributed by atoms with Crippen LogP contribution < -0.4 is 10.4 Å². The van der Waals surface area contributed by atoms with Gasteiger partial charge >= 0.3 is 5.69 Å². The van der Waals surface area contributed by atoms with E-state index in [0.717, 1.165) is 27.4 Å². The molecule has 0 unspecified atom stereocenters. The Labute approximate surface area is 147 Å². The second-order valence-corrected chi connectivity index (χ2v) is 6.25. The molecule has 4 aromatic rings. The van der Waals surface area contributed by atoms with Gasteiger partial charge in [0.25, 0.3) is 0 Å². The number of ether oxygens (including phenoxy) is 1. The molecule has 0 saturated heterocycles. The summed E-state index contributed by atoms with van der Waals surface area (Å²) in [7, 11) is 1.64. The maximum atomic E-state index is 11.9. The van der Waals surface area contributed by atoms with Crippen LogP contribution in [0.25, 0.3) is 26.8 Å². The van der Waals surface area contributed by atoms with Gasteiger partial charge in [-0.15, -0.1) is 0 Å². The predicted molar refractivity (Wildman–Crippen MR) is 97.3 cm³/mol. The third-order valence-electron chi connectivity index (χ3n) is 3.78. The maximum absolute atomic E-state index is 11.9. The molecule has 1 N–H and O–H groups in total. The van der Waals surface area contributed by atoms with E-state index in [2.05, 4.69) is 9.97 Å². The lowest BCUT2D eigenvalue weighted by Crippen LogP contribution is -2.13. The summed E-state index contributed by atoms with van der Waals surface area (Å²) in [5.41, 5.74) is 2.57. The summed E-state index contributed by atoms with van der Waals surface area (Å²) in [4.78, 5) is 24.4. The summed E-state index contributed by atoms with van der Waals surface area (Å²) in [5.74, 6) is 0.784. The highest BCUT2D eigenvalue weighted by Crippen LogP contribution is 2.38. The Morgan fingerprint density at radius 1 is 1.08 bits per heavy atom. The van der Waals surface area contributed by atoms with E-state index in [1.807, 2.05) is 36.4 Å². The summed E-state index contributed by atoms with van der Waals surface area (Å²) in [6.45, 7) is 0. The lowest BCUT2D eigenvalue weighted by atomic mass is 10.1. The number of thiazole rings is 1. The second kappa shape index (κ2) is 6.37. The van der Waals surface area contributed by atoms with E-state index in [0.29, 0.717) is 5.13 Å². The third kappa shape index (κ3) is 2.85. The van der Waals surface area contributed by atoms with Crippen LogP contribution in [0.2, 0.25) is 0 Å². The number of benzene rings is 1. The Balaban J connectivity index is 1.90. The summed E-state index contributed by atoms with van der Waals surface area (Å²) in [6.07, 6.45) is 6.77. The van der Waals surface area contributed by atoms with Gasteiger partial charge in [0.1, 0.15) is 5.75 Å². The number of aromatic nitrogens is 4. The van der Waals surface area contributed by atoms with Crippen LogP contribution in [0.1, 0.15) is 0 Å². The number of rotatable bonds is 4. The molecule has 0 radical (unpaired) electrons. The first-order chi connectivity index (χ1) is 12.3. The average Bonchev–Trinajstić information content (AvgIpc) is 3.28. The molecule has 0 aliphatic rings. The molecule has 0 saturated carbocycles. The number of aromatic amines is 1. The fourth-order valence-corrected chi connectivity index (χ4v) is 3.60. The van der Waals surface area contributed by atoms with Crippen LogP contribution in [-0.4, -0.2) is 26.6 Å². The van der Waals surface area contributed by atoms with Gasteiger partial charge in [-0.1, -0.05) is 11.3 Å². The number of hydrogen-bond donors (Lipinski definition) is 1. The monoisotopic (exact) mass is 350 g/mol. The van der Waals surface area contributed by atoms with Crippen molar-refractivity contribution in [1.29, 1.82) is 0 Å². The molecule has 0 aliphatic heterocycles. The molecular weight excluding hydrogens is 336 g/mol.